The van der Waals surface area contributed by atoms with Gasteiger partial charge < -0.3 is 4.74 Å². The summed E-state index contributed by atoms with van der Waals surface area (Å²) < 4.78 is 16.2. The van der Waals surface area contributed by atoms with Gasteiger partial charge in [0.05, 0.1) is 0 Å². The first-order valence-corrected chi connectivity index (χ1v) is 2.95. The van der Waals surface area contributed by atoms with Gasteiger partial charge >= 0.3 is 0 Å². The Bertz CT molecular complexity index is 215. The molecular weight excluding hydrogens is 133 g/mol. The molecule has 54 valence electrons. The molecule has 0 saturated carbocycles. The van der Waals surface area contributed by atoms with E-state index < -0.39 is 6.86 Å². The van der Waals surface area contributed by atoms with Crippen LogP contribution in [0.4, 0.5) is 4.39 Å². The third kappa shape index (κ3) is 1.43. The fourth-order valence-electron chi connectivity index (χ4n) is 0.674. The molecule has 1 heterocycles. The topological polar surface area (TPSA) is 22.1 Å². The molecule has 1 aromatic heterocycles. The van der Waals surface area contributed by atoms with E-state index in [9.17, 15) is 4.39 Å². The number of hydrogen-bond donors (Lipinski definition) is 0. The smallest absolute Gasteiger partial charge is 0.230 e. The predicted octanol–water partition coefficient (Wildman–Crippen LogP) is 1.70. The third-order valence-electron chi connectivity index (χ3n) is 1.15. The van der Waals surface area contributed by atoms with Crippen molar-refractivity contribution in [1.29, 1.82) is 0 Å². The van der Waals surface area contributed by atoms with Crippen LogP contribution in [0.15, 0.2) is 18.3 Å². The monoisotopic (exact) mass is 141 g/mol. The van der Waals surface area contributed by atoms with Crippen LogP contribution in [0.2, 0.25) is 0 Å². The Hall–Kier alpha value is -1.12. The Morgan fingerprint density at radius 3 is 3.10 bits per heavy atom. The maximum absolute atomic E-state index is 11.6. The Morgan fingerprint density at radius 2 is 2.50 bits per heavy atom. The highest BCUT2D eigenvalue weighted by molar-refractivity contribution is 5.22. The highest BCUT2D eigenvalue weighted by atomic mass is 19.1. The fraction of sp³-hybridized carbons (Fsp3) is 0.286. The molecule has 0 saturated heterocycles. The largest absolute Gasteiger partial charge is 0.446 e. The van der Waals surface area contributed by atoms with Gasteiger partial charge in [-0.25, -0.2) is 9.37 Å². The first-order valence-electron chi connectivity index (χ1n) is 2.95. The molecule has 1 rings (SSSR count). The number of aryl methyl sites for hydroxylation is 1. The average Bonchev–Trinajstić information content (AvgIpc) is 1.94. The lowest BCUT2D eigenvalue weighted by atomic mass is 10.3. The van der Waals surface area contributed by atoms with Crippen LogP contribution >= 0.6 is 0 Å². The summed E-state index contributed by atoms with van der Waals surface area (Å²) in [5.41, 5.74) is 0.847. The molecule has 0 N–H and O–H groups in total. The van der Waals surface area contributed by atoms with E-state index in [1.165, 1.54) is 0 Å². The third-order valence-corrected chi connectivity index (χ3v) is 1.15. The molecule has 0 aliphatic carbocycles. The maximum atomic E-state index is 11.6. The first kappa shape index (κ1) is 6.99. The molecule has 0 aliphatic rings. The van der Waals surface area contributed by atoms with Crippen molar-refractivity contribution in [1.82, 2.24) is 4.98 Å². The van der Waals surface area contributed by atoms with Gasteiger partial charge in [-0.05, 0) is 13.0 Å². The van der Waals surface area contributed by atoms with Crippen LogP contribution in [-0.4, -0.2) is 11.8 Å². The standard InChI is InChI=1S/C7H8FNO/c1-6-3-2-4-9-7(6)10-5-8/h2-4H,5H2,1H3. The average molecular weight is 141 g/mol. The van der Waals surface area contributed by atoms with Gasteiger partial charge in [0.25, 0.3) is 0 Å². The van der Waals surface area contributed by atoms with Crippen molar-refractivity contribution < 1.29 is 9.13 Å². The summed E-state index contributed by atoms with van der Waals surface area (Å²) in [4.78, 5) is 3.81. The number of halogens is 1. The molecule has 0 radical (unpaired) electrons. The zero-order valence-electron chi connectivity index (χ0n) is 5.67. The van der Waals surface area contributed by atoms with Crippen LogP contribution in [-0.2, 0) is 0 Å². The number of alkyl halides is 1. The molecule has 0 bridgehead atoms. The lowest BCUT2D eigenvalue weighted by Crippen LogP contribution is -1.94. The Morgan fingerprint density at radius 1 is 1.70 bits per heavy atom. The zero-order chi connectivity index (χ0) is 7.40. The van der Waals surface area contributed by atoms with Crippen molar-refractivity contribution in [3.63, 3.8) is 0 Å². The minimum atomic E-state index is -0.822. The van der Waals surface area contributed by atoms with Gasteiger partial charge in [0.15, 0.2) is 0 Å². The van der Waals surface area contributed by atoms with E-state index in [-0.39, 0.29) is 0 Å². The molecule has 3 heteroatoms. The molecule has 0 aliphatic heterocycles. The van der Waals surface area contributed by atoms with Crippen LogP contribution in [0.1, 0.15) is 5.56 Å². The number of aromatic nitrogens is 1. The Balaban J connectivity index is 2.81. The lowest BCUT2D eigenvalue weighted by molar-refractivity contribution is 0.183. The van der Waals surface area contributed by atoms with E-state index in [0.717, 1.165) is 5.56 Å². The van der Waals surface area contributed by atoms with Crippen LogP contribution in [0.5, 0.6) is 5.88 Å². The molecule has 0 unspecified atom stereocenters. The van der Waals surface area contributed by atoms with Gasteiger partial charge in [0, 0.05) is 11.8 Å². The first-order chi connectivity index (χ1) is 4.84. The van der Waals surface area contributed by atoms with Crippen molar-refractivity contribution >= 4 is 0 Å². The van der Waals surface area contributed by atoms with Crippen molar-refractivity contribution in [2.45, 2.75) is 6.92 Å². The van der Waals surface area contributed by atoms with Gasteiger partial charge in [0.2, 0.25) is 12.7 Å². The van der Waals surface area contributed by atoms with Gasteiger partial charge in [-0.15, -0.1) is 0 Å². The predicted molar refractivity (Wildman–Crippen MR) is 35.6 cm³/mol. The van der Waals surface area contributed by atoms with Gasteiger partial charge in [-0.3, -0.25) is 0 Å². The number of nitrogens with zero attached hydrogens (tertiary/aromatic N) is 1. The molecule has 10 heavy (non-hydrogen) atoms. The highest BCUT2D eigenvalue weighted by Crippen LogP contribution is 2.11. The molecule has 0 fully saturated rings. The Kier molecular flexibility index (Phi) is 2.20. The second-order valence-electron chi connectivity index (χ2n) is 1.88. The van der Waals surface area contributed by atoms with Crippen LogP contribution < -0.4 is 4.74 Å². The van der Waals surface area contributed by atoms with Crippen LogP contribution in [0.25, 0.3) is 0 Å². The molecule has 0 atom stereocenters. The van der Waals surface area contributed by atoms with E-state index in [0.29, 0.717) is 5.88 Å². The number of pyridine rings is 1. The molecule has 0 amide bonds. The summed E-state index contributed by atoms with van der Waals surface area (Å²) in [6.45, 7) is 0.996. The second kappa shape index (κ2) is 3.15. The summed E-state index contributed by atoms with van der Waals surface area (Å²) in [5.74, 6) is 0.366. The van der Waals surface area contributed by atoms with Crippen LogP contribution in [0, 0.1) is 6.92 Å². The van der Waals surface area contributed by atoms with E-state index in [1.54, 1.807) is 12.3 Å². The molecule has 1 aromatic rings. The number of hydrogen-bond acceptors (Lipinski definition) is 2. The van der Waals surface area contributed by atoms with E-state index >= 15 is 0 Å². The molecule has 0 spiro atoms. The van der Waals surface area contributed by atoms with E-state index in [4.69, 9.17) is 0 Å². The van der Waals surface area contributed by atoms with Gasteiger partial charge in [0.1, 0.15) is 0 Å². The van der Waals surface area contributed by atoms with Gasteiger partial charge in [-0.2, -0.15) is 0 Å². The number of ether oxygens (including phenoxy) is 1. The van der Waals surface area contributed by atoms with Crippen LogP contribution in [0.3, 0.4) is 0 Å². The number of rotatable bonds is 2. The van der Waals surface area contributed by atoms with Crippen molar-refractivity contribution in [2.75, 3.05) is 6.86 Å². The lowest BCUT2D eigenvalue weighted by Gasteiger charge is -2.00. The normalized spacial score (nSPS) is 9.40. The van der Waals surface area contributed by atoms with Crippen molar-refractivity contribution in [3.8, 4) is 5.88 Å². The summed E-state index contributed by atoms with van der Waals surface area (Å²) in [7, 11) is 0. The maximum Gasteiger partial charge on any atom is 0.230 e. The van der Waals surface area contributed by atoms with Crippen molar-refractivity contribution in [3.05, 3.63) is 23.9 Å². The quantitative estimate of drug-likeness (QED) is 0.625. The molecule has 0 aromatic carbocycles. The fourth-order valence-corrected chi connectivity index (χ4v) is 0.674. The molecule has 2 nitrogen and oxygen atoms in total. The summed E-state index contributed by atoms with van der Waals surface area (Å²) in [6, 6.07) is 3.60. The van der Waals surface area contributed by atoms with Gasteiger partial charge in [-0.1, -0.05) is 6.07 Å². The SMILES string of the molecule is Cc1cccnc1OCF. The highest BCUT2D eigenvalue weighted by Gasteiger charge is 1.96. The summed E-state index contributed by atoms with van der Waals surface area (Å²) in [5, 5.41) is 0. The second-order valence-corrected chi connectivity index (χ2v) is 1.88. The Labute approximate surface area is 58.7 Å². The van der Waals surface area contributed by atoms with Crippen molar-refractivity contribution in [2.24, 2.45) is 0 Å². The van der Waals surface area contributed by atoms with E-state index in [1.807, 2.05) is 13.0 Å². The summed E-state index contributed by atoms with van der Waals surface area (Å²) in [6.07, 6.45) is 1.57. The summed E-state index contributed by atoms with van der Waals surface area (Å²) >= 11 is 0. The van der Waals surface area contributed by atoms with E-state index in [2.05, 4.69) is 9.72 Å². The minimum Gasteiger partial charge on any atom is -0.446 e. The zero-order valence-corrected chi connectivity index (χ0v) is 5.67. The molecular formula is C7H8FNO. The minimum absolute atomic E-state index is 0.366.